The van der Waals surface area contributed by atoms with Gasteiger partial charge in [-0.2, -0.15) is 0 Å². The van der Waals surface area contributed by atoms with Crippen LogP contribution in [0.15, 0.2) is 0 Å². The Bertz CT molecular complexity index is 554. The third-order valence-corrected chi connectivity index (χ3v) is 4.15. The fourth-order valence-corrected chi connectivity index (χ4v) is 2.53. The third kappa shape index (κ3) is 34.6. The Labute approximate surface area is 232 Å². The maximum Gasteiger partial charge on any atom is 0.332 e. The van der Waals surface area contributed by atoms with Gasteiger partial charge in [0.05, 0.1) is 112 Å². The van der Waals surface area contributed by atoms with Gasteiger partial charge in [0.25, 0.3) is 0 Å². The molecule has 0 rings (SSSR count). The van der Waals surface area contributed by atoms with E-state index in [4.69, 9.17) is 52.1 Å². The summed E-state index contributed by atoms with van der Waals surface area (Å²) in [4.78, 5) is 22.0. The summed E-state index contributed by atoms with van der Waals surface area (Å²) in [5.74, 6) is -0.704. The van der Waals surface area contributed by atoms with E-state index in [0.717, 1.165) is 0 Å². The maximum atomic E-state index is 11.5. The second kappa shape index (κ2) is 28.1. The predicted molar refractivity (Wildman–Crippen MR) is 140 cm³/mol. The van der Waals surface area contributed by atoms with E-state index in [1.54, 1.807) is 0 Å². The van der Waals surface area contributed by atoms with E-state index in [-0.39, 0.29) is 25.2 Å². The fourth-order valence-electron chi connectivity index (χ4n) is 2.53. The maximum absolute atomic E-state index is 11.5. The van der Waals surface area contributed by atoms with Gasteiger partial charge in [0.1, 0.15) is 18.8 Å². The van der Waals surface area contributed by atoms with E-state index in [9.17, 15) is 9.59 Å². The molecule has 0 saturated carbocycles. The number of esters is 2. The summed E-state index contributed by atoms with van der Waals surface area (Å²) in [7, 11) is 0. The van der Waals surface area contributed by atoms with Crippen molar-refractivity contribution in [2.24, 2.45) is 0 Å². The highest BCUT2D eigenvalue weighted by atomic mass is 16.6. The van der Waals surface area contributed by atoms with Gasteiger partial charge in [-0.05, 0) is 20.8 Å². The van der Waals surface area contributed by atoms with Crippen molar-refractivity contribution in [1.82, 2.24) is 0 Å². The van der Waals surface area contributed by atoms with Gasteiger partial charge in [0.2, 0.25) is 0 Å². The van der Waals surface area contributed by atoms with Gasteiger partial charge in [-0.25, -0.2) is 4.79 Å². The molecule has 0 saturated heterocycles. The van der Waals surface area contributed by atoms with Crippen LogP contribution in [0.3, 0.4) is 0 Å². The highest BCUT2D eigenvalue weighted by Gasteiger charge is 2.15. The molecule has 0 aromatic heterocycles. The average Bonchev–Trinajstić information content (AvgIpc) is 2.86. The molecule has 0 aliphatic carbocycles. The van der Waals surface area contributed by atoms with Crippen LogP contribution in [0, 0.1) is 0 Å². The van der Waals surface area contributed by atoms with Gasteiger partial charge in [0.15, 0.2) is 0 Å². The van der Waals surface area contributed by atoms with Crippen LogP contribution in [0.4, 0.5) is 0 Å². The average molecular weight is 571 g/mol. The third-order valence-electron chi connectivity index (χ3n) is 4.15. The molecule has 0 spiro atoms. The molecule has 0 aliphatic rings. The van der Waals surface area contributed by atoms with Crippen LogP contribution in [0.1, 0.15) is 27.7 Å². The molecule has 0 fully saturated rings. The van der Waals surface area contributed by atoms with Crippen molar-refractivity contribution >= 4 is 11.9 Å². The Morgan fingerprint density at radius 3 is 0.949 bits per heavy atom. The van der Waals surface area contributed by atoms with Crippen molar-refractivity contribution in [2.75, 3.05) is 126 Å². The van der Waals surface area contributed by atoms with Crippen LogP contribution >= 0.6 is 0 Å². The fraction of sp³-hybridized carbons (Fsp3) is 0.923. The highest BCUT2D eigenvalue weighted by molar-refractivity contribution is 5.71. The van der Waals surface area contributed by atoms with E-state index in [1.807, 2.05) is 20.8 Å². The zero-order chi connectivity index (χ0) is 28.9. The molecule has 0 aromatic carbocycles. The number of carbonyl (C=O) groups is 2. The smallest absolute Gasteiger partial charge is 0.332 e. The zero-order valence-corrected chi connectivity index (χ0v) is 24.2. The second-order valence-electron chi connectivity index (χ2n) is 8.88. The Morgan fingerprint density at radius 1 is 0.436 bits per heavy atom. The molecule has 0 aromatic rings. The van der Waals surface area contributed by atoms with Crippen molar-refractivity contribution < 1.29 is 61.7 Å². The molecule has 0 atom stereocenters. The molecule has 0 heterocycles. The summed E-state index contributed by atoms with van der Waals surface area (Å²) in [6.45, 7) is 14.6. The van der Waals surface area contributed by atoms with Crippen molar-refractivity contribution in [3.63, 3.8) is 0 Å². The highest BCUT2D eigenvalue weighted by Crippen LogP contribution is 2.06. The minimum atomic E-state index is -0.511. The minimum Gasteiger partial charge on any atom is -0.463 e. The Balaban J connectivity index is 3.10. The first kappa shape index (κ1) is 37.6. The monoisotopic (exact) mass is 570 g/mol. The predicted octanol–water partition coefficient (Wildman–Crippen LogP) is 1.04. The summed E-state index contributed by atoms with van der Waals surface area (Å²) < 4.78 is 58.2. The van der Waals surface area contributed by atoms with Crippen LogP contribution in [-0.2, 0) is 61.7 Å². The van der Waals surface area contributed by atoms with E-state index in [2.05, 4.69) is 0 Å². The first-order valence-corrected chi connectivity index (χ1v) is 13.4. The summed E-state index contributed by atoms with van der Waals surface area (Å²) in [5.41, 5.74) is -0.511. The van der Waals surface area contributed by atoms with E-state index in [1.165, 1.54) is 6.92 Å². The number of carbonyl (C=O) groups excluding carboxylic acids is 2. The lowest BCUT2D eigenvalue weighted by Crippen LogP contribution is -2.27. The SMILES string of the molecule is CC(=O)OCCOCCOCCOCCOCCOCCOCCOCCOCCOCC(=O)OC(C)(C)C. The van der Waals surface area contributed by atoms with Gasteiger partial charge in [-0.15, -0.1) is 0 Å². The molecule has 0 amide bonds. The van der Waals surface area contributed by atoms with E-state index >= 15 is 0 Å². The molecular formula is C26H50O13. The van der Waals surface area contributed by atoms with Crippen LogP contribution < -0.4 is 0 Å². The molecule has 232 valence electrons. The van der Waals surface area contributed by atoms with Crippen LogP contribution in [0.5, 0.6) is 0 Å². The molecule has 0 bridgehead atoms. The van der Waals surface area contributed by atoms with Gasteiger partial charge < -0.3 is 52.1 Å². The van der Waals surface area contributed by atoms with Crippen molar-refractivity contribution in [1.29, 1.82) is 0 Å². The largest absolute Gasteiger partial charge is 0.463 e. The summed E-state index contributed by atoms with van der Waals surface area (Å²) >= 11 is 0. The molecular weight excluding hydrogens is 520 g/mol. The number of hydrogen-bond acceptors (Lipinski definition) is 13. The van der Waals surface area contributed by atoms with Gasteiger partial charge >= 0.3 is 11.9 Å². The standard InChI is InChI=1S/C26H50O13/c1-24(27)38-22-21-36-18-17-34-14-13-32-10-9-30-6-5-29-7-8-31-11-12-33-15-16-35-19-20-37-23-25(28)39-26(2,3)4/h5-23H2,1-4H3. The number of ether oxygens (including phenoxy) is 11. The van der Waals surface area contributed by atoms with Crippen molar-refractivity contribution in [2.45, 2.75) is 33.3 Å². The lowest BCUT2D eigenvalue weighted by atomic mass is 10.2. The van der Waals surface area contributed by atoms with Gasteiger partial charge in [-0.3, -0.25) is 4.79 Å². The van der Waals surface area contributed by atoms with Crippen LogP contribution in [0.25, 0.3) is 0 Å². The second-order valence-corrected chi connectivity index (χ2v) is 8.88. The minimum absolute atomic E-state index is 0.0848. The number of hydrogen-bond donors (Lipinski definition) is 0. The first-order valence-electron chi connectivity index (χ1n) is 13.4. The van der Waals surface area contributed by atoms with Crippen molar-refractivity contribution in [3.8, 4) is 0 Å². The lowest BCUT2D eigenvalue weighted by molar-refractivity contribution is -0.160. The number of rotatable bonds is 29. The van der Waals surface area contributed by atoms with E-state index < -0.39 is 5.60 Å². The van der Waals surface area contributed by atoms with Crippen molar-refractivity contribution in [3.05, 3.63) is 0 Å². The topological polar surface area (TPSA) is 136 Å². The zero-order valence-electron chi connectivity index (χ0n) is 24.2. The Kier molecular flexibility index (Phi) is 27.1. The summed E-state index contributed by atoms with van der Waals surface area (Å²) in [6.07, 6.45) is 0. The Hall–Kier alpha value is -1.42. The quantitative estimate of drug-likeness (QED) is 0.0937. The molecule has 13 nitrogen and oxygen atoms in total. The molecule has 39 heavy (non-hydrogen) atoms. The van der Waals surface area contributed by atoms with Crippen LogP contribution in [0.2, 0.25) is 0 Å². The van der Waals surface area contributed by atoms with E-state index in [0.29, 0.717) is 112 Å². The molecule has 0 unspecified atom stereocenters. The molecule has 0 N–H and O–H groups in total. The Morgan fingerprint density at radius 2 is 0.692 bits per heavy atom. The molecule has 0 radical (unpaired) electrons. The lowest BCUT2D eigenvalue weighted by Gasteiger charge is -2.19. The first-order chi connectivity index (χ1) is 18.8. The van der Waals surface area contributed by atoms with Crippen LogP contribution in [-0.4, -0.2) is 143 Å². The molecule has 13 heteroatoms. The van der Waals surface area contributed by atoms with Gasteiger partial charge in [-0.1, -0.05) is 0 Å². The van der Waals surface area contributed by atoms with Gasteiger partial charge in [0, 0.05) is 6.92 Å². The molecule has 0 aliphatic heterocycles. The summed E-state index contributed by atoms with van der Waals surface area (Å²) in [6, 6.07) is 0. The normalized spacial score (nSPS) is 11.6. The summed E-state index contributed by atoms with van der Waals surface area (Å²) in [5, 5.41) is 0.